The average molecular weight is 410 g/mol. The highest BCUT2D eigenvalue weighted by Crippen LogP contribution is 2.24. The van der Waals surface area contributed by atoms with Crippen molar-refractivity contribution in [3.8, 4) is 0 Å². The predicted octanol–water partition coefficient (Wildman–Crippen LogP) is 1.87. The van der Waals surface area contributed by atoms with Gasteiger partial charge in [0.05, 0.1) is 19.5 Å². The molecule has 10 heteroatoms. The Morgan fingerprint density at radius 2 is 2.11 bits per heavy atom. The van der Waals surface area contributed by atoms with Crippen LogP contribution in [0.5, 0.6) is 0 Å². The van der Waals surface area contributed by atoms with Crippen molar-refractivity contribution in [2.24, 2.45) is 0 Å². The van der Waals surface area contributed by atoms with Gasteiger partial charge in [0, 0.05) is 11.6 Å². The molecule has 0 radical (unpaired) electrons. The number of hydrogen-bond donors (Lipinski definition) is 3. The smallest absolute Gasteiger partial charge is 0.226 e. The number of aromatic nitrogens is 4. The summed E-state index contributed by atoms with van der Waals surface area (Å²) in [6.07, 6.45) is -0.812. The molecule has 27 heavy (non-hydrogen) atoms. The first-order valence-electron chi connectivity index (χ1n) is 8.35. The predicted molar refractivity (Wildman–Crippen MR) is 101 cm³/mol. The van der Waals surface area contributed by atoms with E-state index in [1.165, 1.54) is 0 Å². The number of rotatable bonds is 5. The number of aliphatic hydroxyl groups is 2. The zero-order valence-corrected chi connectivity index (χ0v) is 15.6. The van der Waals surface area contributed by atoms with Gasteiger partial charge in [-0.1, -0.05) is 23.7 Å². The second kappa shape index (κ2) is 7.57. The van der Waals surface area contributed by atoms with E-state index in [0.29, 0.717) is 28.5 Å². The fourth-order valence-electron chi connectivity index (χ4n) is 3.03. The van der Waals surface area contributed by atoms with Crippen LogP contribution in [0.2, 0.25) is 10.3 Å². The summed E-state index contributed by atoms with van der Waals surface area (Å²) in [4.78, 5) is 12.8. The van der Waals surface area contributed by atoms with Crippen molar-refractivity contribution in [3.05, 3.63) is 46.5 Å². The molecule has 3 heterocycles. The third-order valence-corrected chi connectivity index (χ3v) is 4.82. The standard InChI is InChI=1S/C17H17Cl2N5O3/c18-10-3-1-2-9(4-10)5-20-15-13-16(23-17(19)22-15)24(8-21-13)6-12-14(26)11(25)7-27-12/h1-4,8,11-12,14,25-26H,5-7H2,(H,20,22,23)/t11-,12+,14-/m0/s1. The van der Waals surface area contributed by atoms with Gasteiger partial charge in [-0.3, -0.25) is 0 Å². The number of halogens is 2. The molecule has 3 N–H and O–H groups in total. The molecule has 1 aromatic carbocycles. The van der Waals surface area contributed by atoms with Gasteiger partial charge in [0.1, 0.15) is 18.3 Å². The molecule has 142 valence electrons. The SMILES string of the molecule is O[C@H]1[C@@H](O)CO[C@@H]1Cn1cnc2c(NCc3cccc(Cl)c3)nc(Cl)nc21. The van der Waals surface area contributed by atoms with Crippen LogP contribution in [-0.2, 0) is 17.8 Å². The highest BCUT2D eigenvalue weighted by Gasteiger charge is 2.35. The second-order valence-corrected chi connectivity index (χ2v) is 7.10. The van der Waals surface area contributed by atoms with Crippen LogP contribution in [0.15, 0.2) is 30.6 Å². The maximum Gasteiger partial charge on any atom is 0.226 e. The Bertz CT molecular complexity index is 967. The van der Waals surface area contributed by atoms with E-state index in [0.717, 1.165) is 5.56 Å². The Balaban J connectivity index is 1.58. The van der Waals surface area contributed by atoms with E-state index >= 15 is 0 Å². The van der Waals surface area contributed by atoms with Crippen LogP contribution in [0.25, 0.3) is 11.2 Å². The van der Waals surface area contributed by atoms with Crippen molar-refractivity contribution in [1.82, 2.24) is 19.5 Å². The number of ether oxygens (including phenoxy) is 1. The Hall–Kier alpha value is -1.97. The van der Waals surface area contributed by atoms with Crippen molar-refractivity contribution in [3.63, 3.8) is 0 Å². The van der Waals surface area contributed by atoms with Crippen LogP contribution in [0.3, 0.4) is 0 Å². The van der Waals surface area contributed by atoms with Gasteiger partial charge in [-0.15, -0.1) is 0 Å². The number of hydrogen-bond acceptors (Lipinski definition) is 7. The highest BCUT2D eigenvalue weighted by molar-refractivity contribution is 6.30. The summed E-state index contributed by atoms with van der Waals surface area (Å²) in [6, 6.07) is 7.49. The van der Waals surface area contributed by atoms with Gasteiger partial charge in [-0.25, -0.2) is 4.98 Å². The van der Waals surface area contributed by atoms with Gasteiger partial charge in [0.2, 0.25) is 5.28 Å². The lowest BCUT2D eigenvalue weighted by atomic mass is 10.1. The zero-order chi connectivity index (χ0) is 19.0. The van der Waals surface area contributed by atoms with Crippen LogP contribution in [0.1, 0.15) is 5.56 Å². The quantitative estimate of drug-likeness (QED) is 0.552. The largest absolute Gasteiger partial charge is 0.388 e. The van der Waals surface area contributed by atoms with E-state index in [2.05, 4.69) is 20.3 Å². The highest BCUT2D eigenvalue weighted by atomic mass is 35.5. The first kappa shape index (κ1) is 18.4. The van der Waals surface area contributed by atoms with Gasteiger partial charge in [-0.2, -0.15) is 9.97 Å². The van der Waals surface area contributed by atoms with Crippen LogP contribution in [-0.4, -0.2) is 54.7 Å². The lowest BCUT2D eigenvalue weighted by Crippen LogP contribution is -2.32. The average Bonchev–Trinajstić information content (AvgIpc) is 3.18. The lowest BCUT2D eigenvalue weighted by molar-refractivity contribution is 0.0157. The summed E-state index contributed by atoms with van der Waals surface area (Å²) < 4.78 is 7.15. The number of imidazole rings is 1. The number of benzene rings is 1. The minimum absolute atomic E-state index is 0.0748. The van der Waals surface area contributed by atoms with E-state index in [-0.39, 0.29) is 18.4 Å². The van der Waals surface area contributed by atoms with Crippen molar-refractivity contribution in [2.75, 3.05) is 11.9 Å². The maximum absolute atomic E-state index is 9.98. The Kier molecular flexibility index (Phi) is 5.16. The number of anilines is 1. The second-order valence-electron chi connectivity index (χ2n) is 6.32. The summed E-state index contributed by atoms with van der Waals surface area (Å²) in [7, 11) is 0. The number of nitrogens with one attached hydrogen (secondary N) is 1. The molecular formula is C17H17Cl2N5O3. The molecule has 0 spiro atoms. The molecule has 0 unspecified atom stereocenters. The van der Waals surface area contributed by atoms with E-state index < -0.39 is 18.3 Å². The molecule has 0 saturated carbocycles. The topological polar surface area (TPSA) is 105 Å². The Labute approximate surface area is 164 Å². The first-order valence-corrected chi connectivity index (χ1v) is 9.11. The molecule has 1 saturated heterocycles. The molecule has 1 aliphatic heterocycles. The molecule has 1 fully saturated rings. The lowest BCUT2D eigenvalue weighted by Gasteiger charge is -2.15. The molecule has 1 aliphatic rings. The molecule has 8 nitrogen and oxygen atoms in total. The van der Waals surface area contributed by atoms with E-state index in [1.807, 2.05) is 24.3 Å². The fraction of sp³-hybridized carbons (Fsp3) is 0.353. The van der Waals surface area contributed by atoms with Crippen LogP contribution in [0.4, 0.5) is 5.82 Å². The first-order chi connectivity index (χ1) is 13.0. The van der Waals surface area contributed by atoms with Crippen molar-refractivity contribution in [1.29, 1.82) is 0 Å². The normalized spacial score (nSPS) is 22.4. The Morgan fingerprint density at radius 3 is 2.85 bits per heavy atom. The van der Waals surface area contributed by atoms with E-state index in [1.54, 1.807) is 10.9 Å². The van der Waals surface area contributed by atoms with Crippen molar-refractivity contribution >= 4 is 40.2 Å². The van der Waals surface area contributed by atoms with E-state index in [4.69, 9.17) is 27.9 Å². The van der Waals surface area contributed by atoms with Gasteiger partial charge in [0.15, 0.2) is 17.0 Å². The van der Waals surface area contributed by atoms with Crippen molar-refractivity contribution < 1.29 is 14.9 Å². The van der Waals surface area contributed by atoms with Crippen LogP contribution < -0.4 is 5.32 Å². The third-order valence-electron chi connectivity index (χ3n) is 4.42. The summed E-state index contributed by atoms with van der Waals surface area (Å²) in [6.45, 7) is 0.878. The minimum Gasteiger partial charge on any atom is -0.388 e. The maximum atomic E-state index is 9.98. The Morgan fingerprint density at radius 1 is 1.26 bits per heavy atom. The molecule has 0 aliphatic carbocycles. The van der Waals surface area contributed by atoms with E-state index in [9.17, 15) is 10.2 Å². The summed E-state index contributed by atoms with van der Waals surface area (Å²) in [5.41, 5.74) is 2.05. The third kappa shape index (κ3) is 3.85. The molecule has 4 rings (SSSR count). The molecular weight excluding hydrogens is 393 g/mol. The minimum atomic E-state index is -0.958. The molecule has 0 amide bonds. The van der Waals surface area contributed by atoms with Crippen LogP contribution >= 0.6 is 23.2 Å². The van der Waals surface area contributed by atoms with Crippen molar-refractivity contribution in [2.45, 2.75) is 31.4 Å². The monoisotopic (exact) mass is 409 g/mol. The summed E-state index contributed by atoms with van der Waals surface area (Å²) >= 11 is 12.1. The molecule has 2 aromatic heterocycles. The molecule has 3 atom stereocenters. The number of nitrogens with zero attached hydrogens (tertiary/aromatic N) is 4. The van der Waals surface area contributed by atoms with Gasteiger partial charge in [-0.05, 0) is 29.3 Å². The van der Waals surface area contributed by atoms with Gasteiger partial charge >= 0.3 is 0 Å². The summed E-state index contributed by atoms with van der Waals surface area (Å²) in [5.74, 6) is 0.497. The zero-order valence-electron chi connectivity index (χ0n) is 14.1. The van der Waals surface area contributed by atoms with Gasteiger partial charge in [0.25, 0.3) is 0 Å². The van der Waals surface area contributed by atoms with Gasteiger partial charge < -0.3 is 24.8 Å². The number of aliphatic hydroxyl groups excluding tert-OH is 2. The molecule has 3 aromatic rings. The summed E-state index contributed by atoms with van der Waals surface area (Å²) in [5, 5.41) is 23.5. The molecule has 0 bridgehead atoms. The van der Waals surface area contributed by atoms with Crippen LogP contribution in [0, 0.1) is 0 Å². The number of fused-ring (bicyclic) bond motifs is 1. The fourth-order valence-corrected chi connectivity index (χ4v) is 3.41.